The monoisotopic (exact) mass is 294 g/mol. The van der Waals surface area contributed by atoms with Gasteiger partial charge in [0.15, 0.2) is 0 Å². The molecule has 6 heteroatoms. The number of hydrogen-bond donors (Lipinski definition) is 2. The zero-order valence-electron chi connectivity index (χ0n) is 13.8. The van der Waals surface area contributed by atoms with Crippen LogP contribution in [0.3, 0.4) is 0 Å². The number of H-pyrrole nitrogens is 1. The Bertz CT molecular complexity index is 504. The molecule has 1 fully saturated rings. The van der Waals surface area contributed by atoms with Gasteiger partial charge >= 0.3 is 6.03 Å². The molecular weight excluding hydrogens is 268 g/mol. The molecular formula is C15H26N4O2. The highest BCUT2D eigenvalue weighted by atomic mass is 16.5. The van der Waals surface area contributed by atoms with Gasteiger partial charge in [0, 0.05) is 25.1 Å². The fourth-order valence-corrected chi connectivity index (χ4v) is 3.08. The molecule has 0 aliphatic heterocycles. The maximum Gasteiger partial charge on any atom is 0.321 e. The zero-order chi connectivity index (χ0) is 15.8. The quantitative estimate of drug-likeness (QED) is 0.897. The third kappa shape index (κ3) is 2.77. The van der Waals surface area contributed by atoms with Crippen molar-refractivity contribution in [3.05, 3.63) is 11.4 Å². The van der Waals surface area contributed by atoms with Crippen LogP contribution in [0.2, 0.25) is 0 Å². The summed E-state index contributed by atoms with van der Waals surface area (Å²) in [4.78, 5) is 14.2. The molecule has 6 nitrogen and oxygen atoms in total. The first-order valence-corrected chi connectivity index (χ1v) is 7.46. The highest BCUT2D eigenvalue weighted by molar-refractivity contribution is 5.90. The number of rotatable bonds is 4. The zero-order valence-corrected chi connectivity index (χ0v) is 13.8. The van der Waals surface area contributed by atoms with Gasteiger partial charge in [-0.3, -0.25) is 5.10 Å². The molecule has 1 saturated carbocycles. The smallest absolute Gasteiger partial charge is 0.321 e. The largest absolute Gasteiger partial charge is 0.378 e. The Morgan fingerprint density at radius 2 is 2.19 bits per heavy atom. The van der Waals surface area contributed by atoms with Gasteiger partial charge in [0.2, 0.25) is 0 Å². The summed E-state index contributed by atoms with van der Waals surface area (Å²) in [6.45, 7) is 10.8. The van der Waals surface area contributed by atoms with Gasteiger partial charge < -0.3 is 15.0 Å². The van der Waals surface area contributed by atoms with Crippen LogP contribution in [0, 0.1) is 19.3 Å². The van der Waals surface area contributed by atoms with Crippen molar-refractivity contribution in [1.82, 2.24) is 15.1 Å². The molecule has 0 bridgehead atoms. The first kappa shape index (κ1) is 15.8. The van der Waals surface area contributed by atoms with Crippen molar-refractivity contribution in [2.24, 2.45) is 5.41 Å². The van der Waals surface area contributed by atoms with E-state index >= 15 is 0 Å². The van der Waals surface area contributed by atoms with Crippen LogP contribution in [0.1, 0.15) is 38.6 Å². The van der Waals surface area contributed by atoms with Crippen molar-refractivity contribution in [3.63, 3.8) is 0 Å². The lowest BCUT2D eigenvalue weighted by Crippen LogP contribution is -2.62. The normalized spacial score (nSPS) is 23.5. The van der Waals surface area contributed by atoms with Gasteiger partial charge in [-0.25, -0.2) is 4.79 Å². The minimum Gasteiger partial charge on any atom is -0.378 e. The van der Waals surface area contributed by atoms with E-state index < -0.39 is 0 Å². The average Bonchev–Trinajstić information content (AvgIpc) is 2.74. The molecule has 21 heavy (non-hydrogen) atoms. The molecule has 0 radical (unpaired) electrons. The molecule has 0 spiro atoms. The van der Waals surface area contributed by atoms with E-state index in [9.17, 15) is 4.79 Å². The molecule has 1 aromatic rings. The van der Waals surface area contributed by atoms with Crippen LogP contribution in [-0.4, -0.2) is 46.9 Å². The maximum absolute atomic E-state index is 12.4. The Morgan fingerprint density at radius 3 is 2.67 bits per heavy atom. The summed E-state index contributed by atoms with van der Waals surface area (Å²) in [6.07, 6.45) is 1.11. The number of carbonyl (C=O) groups excluding carboxylic acids is 1. The van der Waals surface area contributed by atoms with E-state index in [-0.39, 0.29) is 23.6 Å². The van der Waals surface area contributed by atoms with Crippen molar-refractivity contribution < 1.29 is 9.53 Å². The summed E-state index contributed by atoms with van der Waals surface area (Å²) in [5.41, 5.74) is 2.41. The van der Waals surface area contributed by atoms with Crippen molar-refractivity contribution >= 4 is 11.7 Å². The molecule has 2 N–H and O–H groups in total. The molecule has 2 unspecified atom stereocenters. The fourth-order valence-electron chi connectivity index (χ4n) is 3.08. The highest BCUT2D eigenvalue weighted by Crippen LogP contribution is 2.45. The lowest BCUT2D eigenvalue weighted by atomic mass is 9.64. The second-order valence-electron chi connectivity index (χ2n) is 6.37. The third-order valence-corrected chi connectivity index (χ3v) is 4.64. The van der Waals surface area contributed by atoms with Gasteiger partial charge in [0.1, 0.15) is 0 Å². The molecule has 1 aliphatic rings. The molecule has 1 heterocycles. The van der Waals surface area contributed by atoms with Gasteiger partial charge in [-0.1, -0.05) is 13.8 Å². The molecule has 2 amide bonds. The minimum absolute atomic E-state index is 0.0252. The molecule has 0 aromatic carbocycles. The van der Waals surface area contributed by atoms with Crippen molar-refractivity contribution in [2.75, 3.05) is 19.0 Å². The Morgan fingerprint density at radius 1 is 1.52 bits per heavy atom. The molecule has 2 atom stereocenters. The van der Waals surface area contributed by atoms with E-state index in [0.29, 0.717) is 6.61 Å². The molecule has 0 saturated heterocycles. The van der Waals surface area contributed by atoms with Gasteiger partial charge in [-0.2, -0.15) is 5.10 Å². The number of aromatic amines is 1. The summed E-state index contributed by atoms with van der Waals surface area (Å²) in [7, 11) is 1.84. The number of nitrogens with zero attached hydrogens (tertiary/aromatic N) is 2. The van der Waals surface area contributed by atoms with Crippen LogP contribution in [-0.2, 0) is 4.74 Å². The predicted octanol–water partition coefficient (Wildman–Crippen LogP) is 2.69. The van der Waals surface area contributed by atoms with E-state index in [1.54, 1.807) is 4.90 Å². The Labute approximate surface area is 126 Å². The number of hydrogen-bond acceptors (Lipinski definition) is 3. The SMILES string of the molecule is CCOC1CC(N(C)C(=O)Nc2c(C)n[nH]c2C)C1(C)C. The van der Waals surface area contributed by atoms with Crippen LogP contribution in [0.5, 0.6) is 0 Å². The van der Waals surface area contributed by atoms with Gasteiger partial charge in [-0.05, 0) is 27.2 Å². The number of carbonyl (C=O) groups is 1. The Kier molecular flexibility index (Phi) is 4.27. The second-order valence-corrected chi connectivity index (χ2v) is 6.37. The number of aryl methyl sites for hydroxylation is 2. The molecule has 1 aromatic heterocycles. The van der Waals surface area contributed by atoms with Crippen molar-refractivity contribution in [1.29, 1.82) is 0 Å². The van der Waals surface area contributed by atoms with E-state index in [4.69, 9.17) is 4.74 Å². The summed E-state index contributed by atoms with van der Waals surface area (Å²) >= 11 is 0. The number of anilines is 1. The summed E-state index contributed by atoms with van der Waals surface area (Å²) < 4.78 is 5.72. The van der Waals surface area contributed by atoms with Gasteiger partial charge in [-0.15, -0.1) is 0 Å². The summed E-state index contributed by atoms with van der Waals surface area (Å²) in [5.74, 6) is 0. The Balaban J connectivity index is 2.01. The van der Waals surface area contributed by atoms with Crippen molar-refractivity contribution in [3.8, 4) is 0 Å². The average molecular weight is 294 g/mol. The van der Waals surface area contributed by atoms with Gasteiger partial charge in [0.05, 0.1) is 23.2 Å². The van der Waals surface area contributed by atoms with Crippen LogP contribution in [0.25, 0.3) is 0 Å². The number of urea groups is 1. The van der Waals surface area contributed by atoms with Crippen LogP contribution >= 0.6 is 0 Å². The first-order valence-electron chi connectivity index (χ1n) is 7.46. The topological polar surface area (TPSA) is 70.2 Å². The fraction of sp³-hybridized carbons (Fsp3) is 0.733. The van der Waals surface area contributed by atoms with Crippen LogP contribution in [0.15, 0.2) is 0 Å². The van der Waals surface area contributed by atoms with Gasteiger partial charge in [0.25, 0.3) is 0 Å². The van der Waals surface area contributed by atoms with Crippen LogP contribution < -0.4 is 5.32 Å². The van der Waals surface area contributed by atoms with E-state index in [1.807, 2.05) is 27.8 Å². The second kappa shape index (κ2) is 5.67. The van der Waals surface area contributed by atoms with Crippen LogP contribution in [0.4, 0.5) is 10.5 Å². The summed E-state index contributed by atoms with van der Waals surface area (Å²) in [5, 5.41) is 9.91. The number of amides is 2. The highest BCUT2D eigenvalue weighted by Gasteiger charge is 2.51. The number of nitrogens with one attached hydrogen (secondary N) is 2. The van der Waals surface area contributed by atoms with E-state index in [1.165, 1.54) is 0 Å². The number of aromatic nitrogens is 2. The standard InChI is InChI=1S/C15H26N4O2/c1-7-21-12-8-11(15(12,4)5)19(6)14(20)16-13-9(2)17-18-10(13)3/h11-12H,7-8H2,1-6H3,(H,16,20)(H,17,18). The van der Waals surface area contributed by atoms with E-state index in [2.05, 4.69) is 29.4 Å². The van der Waals surface area contributed by atoms with E-state index in [0.717, 1.165) is 23.5 Å². The lowest BCUT2D eigenvalue weighted by Gasteiger charge is -2.54. The Hall–Kier alpha value is -1.56. The number of ether oxygens (including phenoxy) is 1. The minimum atomic E-state index is -0.101. The predicted molar refractivity (Wildman–Crippen MR) is 82.4 cm³/mol. The lowest BCUT2D eigenvalue weighted by molar-refractivity contribution is -0.134. The molecule has 2 rings (SSSR count). The van der Waals surface area contributed by atoms with Crippen molar-refractivity contribution in [2.45, 2.75) is 53.2 Å². The summed E-state index contributed by atoms with van der Waals surface area (Å²) in [6, 6.07) is 0.0807. The molecule has 1 aliphatic carbocycles. The first-order chi connectivity index (χ1) is 9.78. The molecule has 118 valence electrons. The third-order valence-electron chi connectivity index (χ3n) is 4.64. The maximum atomic E-state index is 12.4.